The molecule has 2 aliphatic rings. The summed E-state index contributed by atoms with van der Waals surface area (Å²) in [5.41, 5.74) is 0. The topological polar surface area (TPSA) is 12.0 Å². The standard InChI is InChI=1S/C15H29N/c1-2-4-8-14(9-5-3-1)15-10-6-7-12-16-13-11-15/h14-16H,1-13H2. The Bertz CT molecular complexity index is 142. The van der Waals surface area contributed by atoms with Gasteiger partial charge in [0.1, 0.15) is 0 Å². The summed E-state index contributed by atoms with van der Waals surface area (Å²) in [6.07, 6.45) is 16.4. The first-order valence-electron chi connectivity index (χ1n) is 7.67. The van der Waals surface area contributed by atoms with Gasteiger partial charge in [-0.15, -0.1) is 0 Å². The highest BCUT2D eigenvalue weighted by atomic mass is 14.8. The molecule has 1 aliphatic carbocycles. The van der Waals surface area contributed by atoms with Crippen molar-refractivity contribution in [1.29, 1.82) is 0 Å². The Balaban J connectivity index is 1.81. The van der Waals surface area contributed by atoms with Crippen LogP contribution in [0.4, 0.5) is 0 Å². The molecule has 0 aromatic heterocycles. The molecule has 0 aromatic rings. The van der Waals surface area contributed by atoms with Gasteiger partial charge in [0.05, 0.1) is 0 Å². The molecule has 94 valence electrons. The van der Waals surface area contributed by atoms with Gasteiger partial charge >= 0.3 is 0 Å². The molecule has 0 radical (unpaired) electrons. The lowest BCUT2D eigenvalue weighted by Gasteiger charge is -2.30. The zero-order chi connectivity index (χ0) is 11.1. The van der Waals surface area contributed by atoms with E-state index in [9.17, 15) is 0 Å². The summed E-state index contributed by atoms with van der Waals surface area (Å²) in [6.45, 7) is 2.54. The molecular weight excluding hydrogens is 194 g/mol. The lowest BCUT2D eigenvalue weighted by atomic mass is 9.77. The summed E-state index contributed by atoms with van der Waals surface area (Å²) in [4.78, 5) is 0. The van der Waals surface area contributed by atoms with Gasteiger partial charge in [0, 0.05) is 0 Å². The normalized spacial score (nSPS) is 31.1. The largest absolute Gasteiger partial charge is 0.317 e. The van der Waals surface area contributed by atoms with E-state index in [2.05, 4.69) is 5.32 Å². The molecule has 1 unspecified atom stereocenters. The summed E-state index contributed by atoms with van der Waals surface area (Å²) in [5, 5.41) is 3.58. The van der Waals surface area contributed by atoms with E-state index in [1.807, 2.05) is 0 Å². The molecule has 1 aliphatic heterocycles. The van der Waals surface area contributed by atoms with Crippen LogP contribution in [0, 0.1) is 11.8 Å². The fraction of sp³-hybridized carbons (Fsp3) is 1.00. The Morgan fingerprint density at radius 3 is 1.81 bits per heavy atom. The molecule has 0 aromatic carbocycles. The van der Waals surface area contributed by atoms with Crippen molar-refractivity contribution in [3.8, 4) is 0 Å². The van der Waals surface area contributed by atoms with Gasteiger partial charge in [-0.2, -0.15) is 0 Å². The second kappa shape index (κ2) is 7.32. The van der Waals surface area contributed by atoms with Gasteiger partial charge < -0.3 is 5.32 Å². The minimum Gasteiger partial charge on any atom is -0.317 e. The summed E-state index contributed by atoms with van der Waals surface area (Å²) in [5.74, 6) is 2.12. The van der Waals surface area contributed by atoms with E-state index in [1.54, 1.807) is 0 Å². The number of hydrogen-bond donors (Lipinski definition) is 1. The van der Waals surface area contributed by atoms with Crippen LogP contribution in [0.5, 0.6) is 0 Å². The van der Waals surface area contributed by atoms with Gasteiger partial charge in [-0.05, 0) is 37.8 Å². The van der Waals surface area contributed by atoms with Crippen LogP contribution in [-0.2, 0) is 0 Å². The van der Waals surface area contributed by atoms with Gasteiger partial charge in [-0.1, -0.05) is 57.8 Å². The molecule has 16 heavy (non-hydrogen) atoms. The second-order valence-corrected chi connectivity index (χ2v) is 5.90. The minimum atomic E-state index is 1.05. The number of hydrogen-bond acceptors (Lipinski definition) is 1. The quantitative estimate of drug-likeness (QED) is 0.705. The van der Waals surface area contributed by atoms with Crippen LogP contribution in [-0.4, -0.2) is 13.1 Å². The summed E-state index contributed by atoms with van der Waals surface area (Å²) >= 11 is 0. The van der Waals surface area contributed by atoms with Crippen LogP contribution in [0.1, 0.15) is 70.6 Å². The minimum absolute atomic E-state index is 1.05. The average Bonchev–Trinajstić information content (AvgIpc) is 2.18. The van der Waals surface area contributed by atoms with Crippen LogP contribution in [0.2, 0.25) is 0 Å². The predicted octanol–water partition coefficient (Wildman–Crippen LogP) is 4.13. The van der Waals surface area contributed by atoms with E-state index in [-0.39, 0.29) is 0 Å². The third-order valence-corrected chi connectivity index (χ3v) is 4.69. The van der Waals surface area contributed by atoms with Gasteiger partial charge in [0.25, 0.3) is 0 Å². The molecule has 0 amide bonds. The zero-order valence-electron chi connectivity index (χ0n) is 10.8. The van der Waals surface area contributed by atoms with E-state index in [0.717, 1.165) is 11.8 Å². The van der Waals surface area contributed by atoms with Crippen molar-refractivity contribution in [2.24, 2.45) is 11.8 Å². The van der Waals surface area contributed by atoms with E-state index in [4.69, 9.17) is 0 Å². The van der Waals surface area contributed by atoms with E-state index in [0.29, 0.717) is 0 Å². The van der Waals surface area contributed by atoms with Crippen molar-refractivity contribution in [2.75, 3.05) is 13.1 Å². The fourth-order valence-electron chi connectivity index (χ4n) is 3.64. The molecule has 1 nitrogen and oxygen atoms in total. The molecule has 2 fully saturated rings. The van der Waals surface area contributed by atoms with Crippen LogP contribution in [0.15, 0.2) is 0 Å². The number of nitrogens with one attached hydrogen (secondary N) is 1. The highest BCUT2D eigenvalue weighted by Gasteiger charge is 2.22. The Morgan fingerprint density at radius 1 is 0.500 bits per heavy atom. The predicted molar refractivity (Wildman–Crippen MR) is 70.6 cm³/mol. The van der Waals surface area contributed by atoms with Gasteiger partial charge in [0.2, 0.25) is 0 Å². The monoisotopic (exact) mass is 223 g/mol. The zero-order valence-corrected chi connectivity index (χ0v) is 10.8. The molecule has 0 spiro atoms. The summed E-state index contributed by atoms with van der Waals surface area (Å²) < 4.78 is 0. The SMILES string of the molecule is C1CCCC(C2CCCCNCC2)CCC1. The van der Waals surface area contributed by atoms with Gasteiger partial charge in [-0.3, -0.25) is 0 Å². The maximum absolute atomic E-state index is 3.58. The average molecular weight is 223 g/mol. The van der Waals surface area contributed by atoms with Gasteiger partial charge in [0.15, 0.2) is 0 Å². The van der Waals surface area contributed by atoms with Crippen molar-refractivity contribution < 1.29 is 0 Å². The molecular formula is C15H29N. The maximum Gasteiger partial charge on any atom is -0.00462 e. The van der Waals surface area contributed by atoms with Crippen molar-refractivity contribution >= 4 is 0 Å². The first kappa shape index (κ1) is 12.4. The molecule has 1 heteroatoms. The lowest BCUT2D eigenvalue weighted by Crippen LogP contribution is -2.26. The molecule has 0 bridgehead atoms. The van der Waals surface area contributed by atoms with E-state index >= 15 is 0 Å². The first-order valence-corrected chi connectivity index (χ1v) is 7.67. The smallest absolute Gasteiger partial charge is 0.00462 e. The Kier molecular flexibility index (Phi) is 5.68. The van der Waals surface area contributed by atoms with Crippen molar-refractivity contribution in [3.05, 3.63) is 0 Å². The van der Waals surface area contributed by atoms with Crippen molar-refractivity contribution in [1.82, 2.24) is 5.32 Å². The number of rotatable bonds is 1. The Labute approximate surface area is 101 Å². The van der Waals surface area contributed by atoms with E-state index < -0.39 is 0 Å². The Morgan fingerprint density at radius 2 is 1.06 bits per heavy atom. The molecule has 1 atom stereocenters. The molecule has 1 N–H and O–H groups in total. The maximum atomic E-state index is 3.58. The third kappa shape index (κ3) is 4.08. The molecule has 1 heterocycles. The summed E-state index contributed by atoms with van der Waals surface area (Å²) in [7, 11) is 0. The lowest BCUT2D eigenvalue weighted by molar-refractivity contribution is 0.225. The highest BCUT2D eigenvalue weighted by Crippen LogP contribution is 2.33. The van der Waals surface area contributed by atoms with Gasteiger partial charge in [-0.25, -0.2) is 0 Å². The Hall–Kier alpha value is -0.0400. The van der Waals surface area contributed by atoms with Crippen LogP contribution in [0.3, 0.4) is 0 Å². The fourth-order valence-corrected chi connectivity index (χ4v) is 3.64. The van der Waals surface area contributed by atoms with Crippen LogP contribution >= 0.6 is 0 Å². The van der Waals surface area contributed by atoms with Crippen molar-refractivity contribution in [2.45, 2.75) is 70.6 Å². The third-order valence-electron chi connectivity index (χ3n) is 4.69. The first-order chi connectivity index (χ1) is 7.97. The summed E-state index contributed by atoms with van der Waals surface area (Å²) in [6, 6.07) is 0. The van der Waals surface area contributed by atoms with Crippen molar-refractivity contribution in [3.63, 3.8) is 0 Å². The highest BCUT2D eigenvalue weighted by molar-refractivity contribution is 4.75. The molecule has 1 saturated carbocycles. The second-order valence-electron chi connectivity index (χ2n) is 5.90. The van der Waals surface area contributed by atoms with Crippen LogP contribution < -0.4 is 5.32 Å². The molecule has 2 rings (SSSR count). The molecule has 1 saturated heterocycles. The van der Waals surface area contributed by atoms with Crippen LogP contribution in [0.25, 0.3) is 0 Å². The van der Waals surface area contributed by atoms with E-state index in [1.165, 1.54) is 83.7 Å².